The number of rotatable bonds is 4. The molecular formula is C9H17NO4S. The van der Waals surface area contributed by atoms with Gasteiger partial charge in [0, 0.05) is 6.26 Å². The number of aliphatic hydroxyl groups excluding tert-OH is 1. The maximum atomic E-state index is 11.7. The third kappa shape index (κ3) is 2.31. The highest BCUT2D eigenvalue weighted by Gasteiger charge is 2.48. The molecule has 0 bridgehead atoms. The number of sulfone groups is 1. The van der Waals surface area contributed by atoms with E-state index in [4.69, 9.17) is 5.11 Å². The third-order valence-electron chi connectivity index (χ3n) is 3.01. The smallest absolute Gasteiger partial charge is 0.241 e. The van der Waals surface area contributed by atoms with E-state index in [2.05, 4.69) is 5.32 Å². The van der Waals surface area contributed by atoms with E-state index in [-0.39, 0.29) is 6.61 Å². The highest BCUT2D eigenvalue weighted by molar-refractivity contribution is 7.92. The van der Waals surface area contributed by atoms with Crippen molar-refractivity contribution in [2.24, 2.45) is 0 Å². The highest BCUT2D eigenvalue weighted by Crippen LogP contribution is 2.35. The van der Waals surface area contributed by atoms with E-state index in [0.717, 1.165) is 6.26 Å². The molecule has 1 saturated carbocycles. The maximum Gasteiger partial charge on any atom is 0.241 e. The molecule has 1 fully saturated rings. The topological polar surface area (TPSA) is 83.5 Å². The van der Waals surface area contributed by atoms with E-state index in [0.29, 0.717) is 12.8 Å². The summed E-state index contributed by atoms with van der Waals surface area (Å²) < 4.78 is 21.3. The zero-order valence-electron chi connectivity index (χ0n) is 9.20. The molecule has 0 saturated heterocycles. The first-order chi connectivity index (χ1) is 6.65. The zero-order valence-corrected chi connectivity index (χ0v) is 10.0. The van der Waals surface area contributed by atoms with Crippen molar-refractivity contribution < 1.29 is 18.3 Å². The van der Waals surface area contributed by atoms with Gasteiger partial charge in [0.25, 0.3) is 0 Å². The minimum absolute atomic E-state index is 0.140. The Hall–Kier alpha value is -0.620. The number of aliphatic hydroxyl groups is 1. The first-order valence-corrected chi connectivity index (χ1v) is 6.67. The lowest BCUT2D eigenvalue weighted by atomic mass is 10.1. The summed E-state index contributed by atoms with van der Waals surface area (Å²) in [7, 11) is -3.45. The number of hydrogen-bond acceptors (Lipinski definition) is 4. The fourth-order valence-corrected chi connectivity index (χ4v) is 1.42. The fourth-order valence-electron chi connectivity index (χ4n) is 1.03. The molecule has 0 spiro atoms. The standard InChI is InChI=1S/C9H17NO4S/c1-8(2,15(3,13)14)7(12)10-9(6-11)4-5-9/h11H,4-6H2,1-3H3,(H,10,12). The summed E-state index contributed by atoms with van der Waals surface area (Å²) in [6, 6.07) is 0. The van der Waals surface area contributed by atoms with Gasteiger partial charge in [0.1, 0.15) is 4.75 Å². The molecule has 0 aliphatic heterocycles. The molecule has 5 nitrogen and oxygen atoms in total. The second kappa shape index (κ2) is 3.45. The average Bonchev–Trinajstić information content (AvgIpc) is 2.83. The normalized spacial score (nSPS) is 19.7. The molecule has 0 heterocycles. The van der Waals surface area contributed by atoms with Crippen molar-refractivity contribution in [1.29, 1.82) is 0 Å². The summed E-state index contributed by atoms with van der Waals surface area (Å²) in [5.41, 5.74) is -0.570. The second-order valence-electron chi connectivity index (χ2n) is 4.68. The van der Waals surface area contributed by atoms with Crippen molar-refractivity contribution in [1.82, 2.24) is 5.32 Å². The first-order valence-electron chi connectivity index (χ1n) is 4.78. The molecule has 6 heteroatoms. The quantitative estimate of drug-likeness (QED) is 0.685. The Labute approximate surface area is 89.8 Å². The van der Waals surface area contributed by atoms with Crippen LogP contribution in [0.5, 0.6) is 0 Å². The van der Waals surface area contributed by atoms with Gasteiger partial charge < -0.3 is 10.4 Å². The Bertz CT molecular complexity index is 368. The van der Waals surface area contributed by atoms with Gasteiger partial charge in [-0.15, -0.1) is 0 Å². The van der Waals surface area contributed by atoms with Crippen LogP contribution in [-0.2, 0) is 14.6 Å². The molecule has 1 aliphatic rings. The van der Waals surface area contributed by atoms with Crippen LogP contribution in [0.15, 0.2) is 0 Å². The molecule has 0 aromatic heterocycles. The van der Waals surface area contributed by atoms with Crippen LogP contribution in [0, 0.1) is 0 Å². The summed E-state index contributed by atoms with van der Waals surface area (Å²) in [6.07, 6.45) is 2.44. The molecule has 0 radical (unpaired) electrons. The van der Waals surface area contributed by atoms with Gasteiger partial charge in [-0.05, 0) is 26.7 Å². The number of carbonyl (C=O) groups excluding carboxylic acids is 1. The number of amides is 1. The Morgan fingerprint density at radius 1 is 1.47 bits per heavy atom. The highest BCUT2D eigenvalue weighted by atomic mass is 32.2. The molecule has 15 heavy (non-hydrogen) atoms. The van der Waals surface area contributed by atoms with E-state index in [9.17, 15) is 13.2 Å². The third-order valence-corrected chi connectivity index (χ3v) is 5.05. The predicted molar refractivity (Wildman–Crippen MR) is 56.1 cm³/mol. The van der Waals surface area contributed by atoms with Gasteiger partial charge >= 0.3 is 0 Å². The van der Waals surface area contributed by atoms with Gasteiger partial charge in [-0.3, -0.25) is 4.79 Å². The van der Waals surface area contributed by atoms with Crippen molar-refractivity contribution in [3.8, 4) is 0 Å². The van der Waals surface area contributed by atoms with E-state index in [1.54, 1.807) is 0 Å². The lowest BCUT2D eigenvalue weighted by Gasteiger charge is -2.24. The van der Waals surface area contributed by atoms with Crippen LogP contribution in [0.4, 0.5) is 0 Å². The van der Waals surface area contributed by atoms with Crippen LogP contribution in [0.1, 0.15) is 26.7 Å². The van der Waals surface area contributed by atoms with Crippen LogP contribution in [0.25, 0.3) is 0 Å². The van der Waals surface area contributed by atoms with Crippen molar-refractivity contribution in [2.45, 2.75) is 37.0 Å². The summed E-state index contributed by atoms with van der Waals surface area (Å²) >= 11 is 0. The minimum Gasteiger partial charge on any atom is -0.394 e. The molecule has 2 N–H and O–H groups in total. The summed E-state index contributed by atoms with van der Waals surface area (Å²) in [4.78, 5) is 11.7. The van der Waals surface area contributed by atoms with Crippen molar-refractivity contribution in [3.05, 3.63) is 0 Å². The van der Waals surface area contributed by atoms with Crippen LogP contribution >= 0.6 is 0 Å². The molecule has 1 amide bonds. The van der Waals surface area contributed by atoms with Gasteiger partial charge in [0.05, 0.1) is 12.1 Å². The van der Waals surface area contributed by atoms with Crippen LogP contribution in [0.3, 0.4) is 0 Å². The zero-order chi connectivity index (χ0) is 11.9. The Morgan fingerprint density at radius 2 is 1.93 bits per heavy atom. The van der Waals surface area contributed by atoms with E-state index >= 15 is 0 Å². The summed E-state index contributed by atoms with van der Waals surface area (Å²) in [5, 5.41) is 11.6. The predicted octanol–water partition coefficient (Wildman–Crippen LogP) is -0.549. The van der Waals surface area contributed by atoms with Gasteiger partial charge in [0.15, 0.2) is 9.84 Å². The Kier molecular flexibility index (Phi) is 2.86. The summed E-state index contributed by atoms with van der Waals surface area (Å²) in [5.74, 6) is -0.545. The molecular weight excluding hydrogens is 218 g/mol. The number of hydrogen-bond donors (Lipinski definition) is 2. The average molecular weight is 235 g/mol. The first kappa shape index (κ1) is 12.4. The lowest BCUT2D eigenvalue weighted by molar-refractivity contribution is -0.124. The van der Waals surface area contributed by atoms with Gasteiger partial charge in [-0.25, -0.2) is 8.42 Å². The molecule has 0 aromatic carbocycles. The monoisotopic (exact) mass is 235 g/mol. The second-order valence-corrected chi connectivity index (χ2v) is 7.24. The van der Waals surface area contributed by atoms with Crippen molar-refractivity contribution >= 4 is 15.7 Å². The molecule has 88 valence electrons. The van der Waals surface area contributed by atoms with Crippen molar-refractivity contribution in [2.75, 3.05) is 12.9 Å². The number of nitrogens with one attached hydrogen (secondary N) is 1. The molecule has 1 aliphatic carbocycles. The van der Waals surface area contributed by atoms with Crippen molar-refractivity contribution in [3.63, 3.8) is 0 Å². The Morgan fingerprint density at radius 3 is 2.20 bits per heavy atom. The Balaban J connectivity index is 2.78. The SMILES string of the molecule is CC(C)(C(=O)NC1(CO)CC1)S(C)(=O)=O. The number of carbonyl (C=O) groups is 1. The summed E-state index contributed by atoms with van der Waals surface area (Å²) in [6.45, 7) is 2.59. The largest absolute Gasteiger partial charge is 0.394 e. The fraction of sp³-hybridized carbons (Fsp3) is 0.889. The molecule has 0 atom stereocenters. The van der Waals surface area contributed by atoms with Gasteiger partial charge in [0.2, 0.25) is 5.91 Å². The molecule has 0 unspecified atom stereocenters. The van der Waals surface area contributed by atoms with Crippen LogP contribution in [0.2, 0.25) is 0 Å². The van der Waals surface area contributed by atoms with E-state index in [1.807, 2.05) is 0 Å². The molecule has 1 rings (SSSR count). The van der Waals surface area contributed by atoms with Gasteiger partial charge in [-0.2, -0.15) is 0 Å². The van der Waals surface area contributed by atoms with E-state index in [1.165, 1.54) is 13.8 Å². The minimum atomic E-state index is -3.45. The van der Waals surface area contributed by atoms with Crippen LogP contribution in [-0.4, -0.2) is 42.6 Å². The lowest BCUT2D eigenvalue weighted by Crippen LogP contribution is -2.52. The molecule has 0 aromatic rings. The van der Waals surface area contributed by atoms with Crippen LogP contribution < -0.4 is 5.32 Å². The van der Waals surface area contributed by atoms with Gasteiger partial charge in [-0.1, -0.05) is 0 Å². The van der Waals surface area contributed by atoms with E-state index < -0.39 is 26.0 Å². The maximum absolute atomic E-state index is 11.7.